The fourth-order valence-electron chi connectivity index (χ4n) is 4.58. The van der Waals surface area contributed by atoms with Gasteiger partial charge in [-0.15, -0.1) is 0 Å². The molecule has 0 unspecified atom stereocenters. The van der Waals surface area contributed by atoms with Crippen LogP contribution in [-0.2, 0) is 9.47 Å². The van der Waals surface area contributed by atoms with Gasteiger partial charge in [-0.2, -0.15) is 0 Å². The van der Waals surface area contributed by atoms with Crippen LogP contribution in [0.25, 0.3) is 17.0 Å². The van der Waals surface area contributed by atoms with Crippen LogP contribution in [0.3, 0.4) is 0 Å². The van der Waals surface area contributed by atoms with Crippen molar-refractivity contribution in [3.63, 3.8) is 0 Å². The number of nitrogens with zero attached hydrogens (tertiary/aromatic N) is 3. The largest absolute Gasteiger partial charge is 0.512 e. The highest BCUT2D eigenvalue weighted by Gasteiger charge is 2.26. The van der Waals surface area contributed by atoms with Crippen LogP contribution in [0.5, 0.6) is 5.75 Å². The number of allylic oxidation sites excluding steroid dienone is 2. The molecule has 214 valence electrons. The van der Waals surface area contributed by atoms with E-state index in [2.05, 4.69) is 10.2 Å². The van der Waals surface area contributed by atoms with Gasteiger partial charge in [0.2, 0.25) is 0 Å². The van der Waals surface area contributed by atoms with Crippen LogP contribution in [-0.4, -0.2) is 91.7 Å². The van der Waals surface area contributed by atoms with Crippen molar-refractivity contribution in [2.24, 2.45) is 0 Å². The van der Waals surface area contributed by atoms with Crippen LogP contribution in [0, 0.1) is 12.3 Å². The van der Waals surface area contributed by atoms with E-state index in [0.29, 0.717) is 53.2 Å². The number of aromatic nitrogens is 2. The summed E-state index contributed by atoms with van der Waals surface area (Å²) in [6.45, 7) is 8.18. The summed E-state index contributed by atoms with van der Waals surface area (Å²) in [5, 5.41) is 32.2. The Balaban J connectivity index is 2.01. The molecule has 0 spiro atoms. The summed E-state index contributed by atoms with van der Waals surface area (Å²) in [5.74, 6) is 1.60. The minimum atomic E-state index is -0.667. The molecule has 0 saturated carbocycles. The van der Waals surface area contributed by atoms with Gasteiger partial charge in [0.15, 0.2) is 5.82 Å². The minimum absolute atomic E-state index is 0.00755. The molecule has 0 bridgehead atoms. The van der Waals surface area contributed by atoms with Crippen molar-refractivity contribution in [2.45, 2.75) is 45.8 Å². The number of aliphatic hydroxyl groups is 2. The van der Waals surface area contributed by atoms with E-state index < -0.39 is 6.10 Å². The molecule has 4 N–H and O–H groups in total. The van der Waals surface area contributed by atoms with E-state index in [1.165, 1.54) is 0 Å². The lowest BCUT2D eigenvalue weighted by Gasteiger charge is -2.34. The molecule has 10 nitrogen and oxygen atoms in total. The van der Waals surface area contributed by atoms with E-state index >= 15 is 0 Å². The number of ether oxygens (including phenoxy) is 3. The SMILES string of the molecule is CNC[C@@H](O)COc1ccc(Cl)c(-c2nc(/C(C(C)=N)=C(\C)O)c(C)c(N3CCC(OCCOC)CC3)n2)c1. The number of nitrogens with one attached hydrogen (secondary N) is 2. The number of hydrogen-bond acceptors (Lipinski definition) is 10. The van der Waals surface area contributed by atoms with Gasteiger partial charge in [-0.05, 0) is 58.9 Å². The quantitative estimate of drug-likeness (QED) is 0.162. The summed E-state index contributed by atoms with van der Waals surface area (Å²) in [4.78, 5) is 11.9. The molecule has 2 aromatic rings. The predicted octanol–water partition coefficient (Wildman–Crippen LogP) is 4.02. The molecule has 1 aromatic carbocycles. The van der Waals surface area contributed by atoms with Crippen molar-refractivity contribution in [2.75, 3.05) is 58.5 Å². The molecule has 39 heavy (non-hydrogen) atoms. The minimum Gasteiger partial charge on any atom is -0.512 e. The first kappa shape index (κ1) is 30.8. The molecule has 1 fully saturated rings. The van der Waals surface area contributed by atoms with E-state index in [1.54, 1.807) is 46.2 Å². The maximum absolute atomic E-state index is 10.5. The number of hydrogen-bond donors (Lipinski definition) is 4. The fraction of sp³-hybridized carbons (Fsp3) is 0.536. The number of aliphatic hydroxyl groups excluding tert-OH is 2. The maximum Gasteiger partial charge on any atom is 0.163 e. The highest BCUT2D eigenvalue weighted by molar-refractivity contribution is 6.33. The molecule has 2 heterocycles. The highest BCUT2D eigenvalue weighted by atomic mass is 35.5. The molecular formula is C28H40ClN5O5. The van der Waals surface area contributed by atoms with E-state index in [1.807, 2.05) is 6.92 Å². The Morgan fingerprint density at radius 3 is 2.56 bits per heavy atom. The van der Waals surface area contributed by atoms with Crippen molar-refractivity contribution in [3.05, 3.63) is 40.2 Å². The Morgan fingerprint density at radius 2 is 1.95 bits per heavy atom. The number of piperidine rings is 1. The normalized spacial score (nSPS) is 15.7. The lowest BCUT2D eigenvalue weighted by molar-refractivity contribution is 0.00603. The smallest absolute Gasteiger partial charge is 0.163 e. The Labute approximate surface area is 235 Å². The summed E-state index contributed by atoms with van der Waals surface area (Å²) < 4.78 is 16.8. The number of rotatable bonds is 13. The maximum atomic E-state index is 10.5. The lowest BCUT2D eigenvalue weighted by atomic mass is 10.0. The molecule has 1 aromatic heterocycles. The third-order valence-electron chi connectivity index (χ3n) is 6.54. The molecule has 1 aliphatic rings. The number of anilines is 1. The second-order valence-corrected chi connectivity index (χ2v) is 10.1. The molecule has 3 rings (SSSR count). The van der Waals surface area contributed by atoms with Crippen LogP contribution in [0.1, 0.15) is 37.9 Å². The van der Waals surface area contributed by atoms with E-state index in [4.69, 9.17) is 41.2 Å². The number of halogens is 1. The Bertz CT molecular complexity index is 1160. The second kappa shape index (κ2) is 14.6. The van der Waals surface area contributed by atoms with Gasteiger partial charge in [0.1, 0.15) is 30.0 Å². The van der Waals surface area contributed by atoms with Gasteiger partial charge in [0.05, 0.1) is 35.6 Å². The molecule has 11 heteroatoms. The van der Waals surface area contributed by atoms with Crippen LogP contribution < -0.4 is 15.0 Å². The molecular weight excluding hydrogens is 522 g/mol. The highest BCUT2D eigenvalue weighted by Crippen LogP contribution is 2.35. The van der Waals surface area contributed by atoms with Crippen LogP contribution in [0.4, 0.5) is 5.82 Å². The predicted molar refractivity (Wildman–Crippen MR) is 154 cm³/mol. The van der Waals surface area contributed by atoms with Gasteiger partial charge in [0.25, 0.3) is 0 Å². The van der Waals surface area contributed by atoms with Gasteiger partial charge < -0.3 is 40.0 Å². The van der Waals surface area contributed by atoms with E-state index in [0.717, 1.165) is 37.3 Å². The Hall–Kier alpha value is -2.76. The standard InChI is InChI=1S/C28H40ClN5O5/c1-17-26(25(18(2)30)19(3)35)32-27(23-14-22(6-7-24(23)29)39-16-20(36)15-31-4)33-28(17)34-10-8-21(9-11-34)38-13-12-37-5/h6-7,14,20-21,30-31,35-36H,8-13,15-16H2,1-5H3/b25-19+,30-18?/t20-/m1/s1. The van der Waals surface area contributed by atoms with Crippen LogP contribution in [0.2, 0.25) is 5.02 Å². The first-order valence-corrected chi connectivity index (χ1v) is 13.5. The van der Waals surface area contributed by atoms with Crippen molar-refractivity contribution in [3.8, 4) is 17.1 Å². The van der Waals surface area contributed by atoms with Gasteiger partial charge in [0, 0.05) is 43.6 Å². The zero-order chi connectivity index (χ0) is 28.5. The monoisotopic (exact) mass is 561 g/mol. The van der Waals surface area contributed by atoms with Crippen molar-refractivity contribution < 1.29 is 24.4 Å². The topological polar surface area (TPSA) is 133 Å². The van der Waals surface area contributed by atoms with Gasteiger partial charge in [-0.1, -0.05) is 11.6 Å². The molecule has 0 aliphatic carbocycles. The first-order valence-electron chi connectivity index (χ1n) is 13.1. The van der Waals surface area contributed by atoms with Crippen molar-refractivity contribution >= 4 is 28.7 Å². The fourth-order valence-corrected chi connectivity index (χ4v) is 4.78. The number of likely N-dealkylation sites (N-methyl/N-ethyl adjacent to an activating group) is 1. The molecule has 1 saturated heterocycles. The summed E-state index contributed by atoms with van der Waals surface area (Å²) in [7, 11) is 3.42. The van der Waals surface area contributed by atoms with Crippen molar-refractivity contribution in [1.82, 2.24) is 15.3 Å². The van der Waals surface area contributed by atoms with Gasteiger partial charge in [-0.25, -0.2) is 9.97 Å². The summed E-state index contributed by atoms with van der Waals surface area (Å²) in [5.41, 5.74) is 2.35. The Morgan fingerprint density at radius 1 is 1.23 bits per heavy atom. The van der Waals surface area contributed by atoms with E-state index in [-0.39, 0.29) is 24.2 Å². The molecule has 0 radical (unpaired) electrons. The van der Waals surface area contributed by atoms with Gasteiger partial charge in [-0.3, -0.25) is 0 Å². The summed E-state index contributed by atoms with van der Waals surface area (Å²) in [6, 6.07) is 5.18. The van der Waals surface area contributed by atoms with E-state index in [9.17, 15) is 10.2 Å². The molecule has 1 atom stereocenters. The average molecular weight is 562 g/mol. The summed E-state index contributed by atoms with van der Waals surface area (Å²) >= 11 is 6.62. The van der Waals surface area contributed by atoms with Gasteiger partial charge >= 0.3 is 0 Å². The Kier molecular flexibility index (Phi) is 11.5. The second-order valence-electron chi connectivity index (χ2n) is 9.64. The zero-order valence-corrected chi connectivity index (χ0v) is 24.1. The van der Waals surface area contributed by atoms with Crippen molar-refractivity contribution in [1.29, 1.82) is 5.41 Å². The van der Waals surface area contributed by atoms with Crippen LogP contribution >= 0.6 is 11.6 Å². The zero-order valence-electron chi connectivity index (χ0n) is 23.4. The number of methoxy groups -OCH3 is 1. The van der Waals surface area contributed by atoms with Crippen LogP contribution in [0.15, 0.2) is 24.0 Å². The summed E-state index contributed by atoms with van der Waals surface area (Å²) in [6.07, 6.45) is 1.16. The third kappa shape index (κ3) is 8.12. The lowest BCUT2D eigenvalue weighted by Crippen LogP contribution is -2.38. The molecule has 1 aliphatic heterocycles. The third-order valence-corrected chi connectivity index (χ3v) is 6.87. The first-order chi connectivity index (χ1) is 18.7. The molecule has 0 amide bonds. The number of benzene rings is 1. The average Bonchev–Trinajstić information content (AvgIpc) is 2.90.